The van der Waals surface area contributed by atoms with Crippen molar-refractivity contribution in [3.63, 3.8) is 0 Å². The zero-order valence-corrected chi connectivity index (χ0v) is 14.6. The Balaban J connectivity index is 2.30. The van der Waals surface area contributed by atoms with Gasteiger partial charge in [-0.2, -0.15) is 0 Å². The average molecular weight is 419 g/mol. The van der Waals surface area contributed by atoms with Crippen molar-refractivity contribution in [2.75, 3.05) is 6.54 Å². The van der Waals surface area contributed by atoms with Crippen LogP contribution in [-0.2, 0) is 6.42 Å². The van der Waals surface area contributed by atoms with Gasteiger partial charge in [-0.15, -0.1) is 0 Å². The molecule has 0 saturated carbocycles. The smallest absolute Gasteiger partial charge is 0.126 e. The van der Waals surface area contributed by atoms with Crippen molar-refractivity contribution in [1.29, 1.82) is 0 Å². The Kier molecular flexibility index (Phi) is 5.90. The normalized spacial score (nSPS) is 12.4. The lowest BCUT2D eigenvalue weighted by Crippen LogP contribution is -2.23. The van der Waals surface area contributed by atoms with Crippen molar-refractivity contribution >= 4 is 31.9 Å². The summed E-state index contributed by atoms with van der Waals surface area (Å²) in [5, 5.41) is 3.35. The van der Waals surface area contributed by atoms with Crippen LogP contribution in [0.4, 0.5) is 8.78 Å². The van der Waals surface area contributed by atoms with E-state index in [4.69, 9.17) is 0 Å². The summed E-state index contributed by atoms with van der Waals surface area (Å²) in [6, 6.07) is 9.60. The lowest BCUT2D eigenvalue weighted by Gasteiger charge is -2.19. The van der Waals surface area contributed by atoms with E-state index in [0.29, 0.717) is 12.0 Å². The van der Waals surface area contributed by atoms with E-state index in [9.17, 15) is 8.78 Å². The maximum absolute atomic E-state index is 13.3. The number of likely N-dealkylation sites (N-methyl/N-ethyl adjacent to an activating group) is 1. The Hall–Kier alpha value is -0.780. The second-order valence-electron chi connectivity index (χ2n) is 4.79. The van der Waals surface area contributed by atoms with E-state index in [2.05, 4.69) is 37.2 Å². The van der Waals surface area contributed by atoms with Gasteiger partial charge in [-0.1, -0.05) is 38.8 Å². The lowest BCUT2D eigenvalue weighted by molar-refractivity contribution is 0.538. The molecule has 0 spiro atoms. The summed E-state index contributed by atoms with van der Waals surface area (Å²) in [6.45, 7) is 2.78. The van der Waals surface area contributed by atoms with E-state index in [1.807, 2.05) is 25.1 Å². The lowest BCUT2D eigenvalue weighted by atomic mass is 9.98. The number of hydrogen-bond donors (Lipinski definition) is 1. The highest BCUT2D eigenvalue weighted by Gasteiger charge is 2.14. The fraction of sp³-hybridized carbons (Fsp3) is 0.250. The maximum atomic E-state index is 13.3. The van der Waals surface area contributed by atoms with Gasteiger partial charge in [0.15, 0.2) is 0 Å². The first-order valence-corrected chi connectivity index (χ1v) is 8.21. The zero-order chi connectivity index (χ0) is 15.4. The Bertz CT molecular complexity index is 591. The minimum atomic E-state index is -0.546. The first-order valence-electron chi connectivity index (χ1n) is 6.62. The van der Waals surface area contributed by atoms with Crippen molar-refractivity contribution < 1.29 is 8.78 Å². The van der Waals surface area contributed by atoms with Gasteiger partial charge >= 0.3 is 0 Å². The summed E-state index contributed by atoms with van der Waals surface area (Å²) in [5.74, 6) is -1.09. The number of benzene rings is 2. The van der Waals surface area contributed by atoms with Crippen LogP contribution in [-0.4, -0.2) is 6.54 Å². The maximum Gasteiger partial charge on any atom is 0.126 e. The Labute approximate surface area is 140 Å². The molecule has 0 aromatic heterocycles. The number of nitrogens with one attached hydrogen (secondary N) is 1. The van der Waals surface area contributed by atoms with E-state index >= 15 is 0 Å². The molecule has 0 heterocycles. The van der Waals surface area contributed by atoms with Crippen LogP contribution >= 0.6 is 31.9 Å². The molecule has 1 atom stereocenters. The van der Waals surface area contributed by atoms with Crippen LogP contribution in [0.15, 0.2) is 45.3 Å². The third-order valence-electron chi connectivity index (χ3n) is 3.10. The summed E-state index contributed by atoms with van der Waals surface area (Å²) < 4.78 is 28.6. The fourth-order valence-corrected chi connectivity index (χ4v) is 3.62. The van der Waals surface area contributed by atoms with Gasteiger partial charge in [-0.05, 0) is 54.4 Å². The van der Waals surface area contributed by atoms with Crippen molar-refractivity contribution in [3.05, 3.63) is 68.1 Å². The molecule has 0 aliphatic heterocycles. The molecule has 0 amide bonds. The average Bonchev–Trinajstić information content (AvgIpc) is 2.35. The van der Waals surface area contributed by atoms with Crippen LogP contribution in [0.25, 0.3) is 0 Å². The number of hydrogen-bond acceptors (Lipinski definition) is 1. The summed E-state index contributed by atoms with van der Waals surface area (Å²) in [6.07, 6.45) is 0.519. The van der Waals surface area contributed by atoms with E-state index in [0.717, 1.165) is 27.1 Å². The molecule has 112 valence electrons. The minimum Gasteiger partial charge on any atom is -0.310 e. The quantitative estimate of drug-likeness (QED) is 0.686. The second kappa shape index (κ2) is 7.47. The van der Waals surface area contributed by atoms with E-state index in [1.165, 1.54) is 12.1 Å². The van der Waals surface area contributed by atoms with Crippen LogP contribution in [0.2, 0.25) is 0 Å². The van der Waals surface area contributed by atoms with E-state index < -0.39 is 11.6 Å². The molecule has 1 unspecified atom stereocenters. The van der Waals surface area contributed by atoms with Gasteiger partial charge in [0.1, 0.15) is 11.6 Å². The van der Waals surface area contributed by atoms with Gasteiger partial charge in [0.05, 0.1) is 0 Å². The van der Waals surface area contributed by atoms with Crippen molar-refractivity contribution in [1.82, 2.24) is 5.32 Å². The van der Waals surface area contributed by atoms with Crippen LogP contribution in [0, 0.1) is 11.6 Å². The molecule has 0 bridgehead atoms. The van der Waals surface area contributed by atoms with Crippen LogP contribution in [0.1, 0.15) is 24.1 Å². The van der Waals surface area contributed by atoms with E-state index in [-0.39, 0.29) is 6.04 Å². The molecule has 2 rings (SSSR count). The summed E-state index contributed by atoms with van der Waals surface area (Å²) >= 11 is 6.93. The Morgan fingerprint density at radius 2 is 1.52 bits per heavy atom. The van der Waals surface area contributed by atoms with Gasteiger partial charge < -0.3 is 5.32 Å². The van der Waals surface area contributed by atoms with Crippen LogP contribution in [0.5, 0.6) is 0 Å². The van der Waals surface area contributed by atoms with Crippen molar-refractivity contribution in [2.45, 2.75) is 19.4 Å². The first-order chi connectivity index (χ1) is 9.97. The third kappa shape index (κ3) is 4.87. The fourth-order valence-electron chi connectivity index (χ4n) is 2.30. The molecule has 1 nitrogen and oxygen atoms in total. The molecule has 2 aromatic carbocycles. The molecule has 0 aliphatic rings. The molecular weight excluding hydrogens is 404 g/mol. The Morgan fingerprint density at radius 3 is 2.05 bits per heavy atom. The highest BCUT2D eigenvalue weighted by atomic mass is 79.9. The summed E-state index contributed by atoms with van der Waals surface area (Å²) in [5.41, 5.74) is 1.69. The largest absolute Gasteiger partial charge is 0.310 e. The second-order valence-corrected chi connectivity index (χ2v) is 6.63. The van der Waals surface area contributed by atoms with Gasteiger partial charge in [0.2, 0.25) is 0 Å². The molecule has 21 heavy (non-hydrogen) atoms. The van der Waals surface area contributed by atoms with Crippen molar-refractivity contribution in [2.24, 2.45) is 0 Å². The zero-order valence-electron chi connectivity index (χ0n) is 11.5. The molecular formula is C16H15Br2F2N. The van der Waals surface area contributed by atoms with Crippen molar-refractivity contribution in [3.8, 4) is 0 Å². The minimum absolute atomic E-state index is 0.00926. The predicted octanol–water partition coefficient (Wildman–Crippen LogP) is 5.38. The molecule has 1 N–H and O–H groups in total. The Morgan fingerprint density at radius 1 is 0.952 bits per heavy atom. The first kappa shape index (κ1) is 16.6. The molecule has 2 aromatic rings. The van der Waals surface area contributed by atoms with Crippen LogP contribution in [0.3, 0.4) is 0 Å². The van der Waals surface area contributed by atoms with Gasteiger partial charge in [0, 0.05) is 21.1 Å². The molecule has 5 heteroatoms. The molecule has 0 saturated heterocycles. The van der Waals surface area contributed by atoms with Gasteiger partial charge in [-0.25, -0.2) is 8.78 Å². The SMILES string of the molecule is CCNC(Cc1cc(F)cc(F)c1)c1cc(Br)cc(Br)c1. The highest BCUT2D eigenvalue weighted by Crippen LogP contribution is 2.26. The standard InChI is InChI=1S/C16H15Br2F2N/c1-2-21-16(11-6-12(17)8-13(18)7-11)5-10-3-14(19)9-15(20)4-10/h3-4,6-9,16,21H,2,5H2,1H3. The predicted molar refractivity (Wildman–Crippen MR) is 88.3 cm³/mol. The highest BCUT2D eigenvalue weighted by molar-refractivity contribution is 9.11. The number of rotatable bonds is 5. The van der Waals surface area contributed by atoms with Gasteiger partial charge in [-0.3, -0.25) is 0 Å². The molecule has 0 fully saturated rings. The summed E-state index contributed by atoms with van der Waals surface area (Å²) in [4.78, 5) is 0. The summed E-state index contributed by atoms with van der Waals surface area (Å²) in [7, 11) is 0. The number of halogens is 4. The monoisotopic (exact) mass is 417 g/mol. The molecule has 0 aliphatic carbocycles. The van der Waals surface area contributed by atoms with Gasteiger partial charge in [0.25, 0.3) is 0 Å². The topological polar surface area (TPSA) is 12.0 Å². The van der Waals surface area contributed by atoms with E-state index in [1.54, 1.807) is 0 Å². The molecule has 0 radical (unpaired) electrons. The van der Waals surface area contributed by atoms with Crippen LogP contribution < -0.4 is 5.32 Å². The third-order valence-corrected chi connectivity index (χ3v) is 4.02.